The first-order valence-corrected chi connectivity index (χ1v) is 16.2. The number of ether oxygens (including phenoxy) is 1. The van der Waals surface area contributed by atoms with Gasteiger partial charge < -0.3 is 4.74 Å². The lowest BCUT2D eigenvalue weighted by Crippen LogP contribution is -2.54. The van der Waals surface area contributed by atoms with Crippen molar-refractivity contribution in [2.24, 2.45) is 0 Å². The van der Waals surface area contributed by atoms with Crippen molar-refractivity contribution < 1.29 is 17.9 Å². The van der Waals surface area contributed by atoms with Gasteiger partial charge in [-0.2, -0.15) is 0 Å². The van der Waals surface area contributed by atoms with Crippen molar-refractivity contribution in [1.29, 1.82) is 0 Å². The van der Waals surface area contributed by atoms with Crippen molar-refractivity contribution in [3.8, 4) is 0 Å². The van der Waals surface area contributed by atoms with Crippen LogP contribution in [0.5, 0.6) is 0 Å². The molecule has 0 radical (unpaired) electrons. The number of sulfonamides is 1. The summed E-state index contributed by atoms with van der Waals surface area (Å²) in [6, 6.07) is 22.6. The lowest BCUT2D eigenvalue weighted by molar-refractivity contribution is -0.125. The number of hydrazine groups is 1. The first-order valence-electron chi connectivity index (χ1n) is 13.6. The number of carbonyl (C=O) groups is 1. The molecule has 1 spiro atoms. The lowest BCUT2D eigenvalue weighted by atomic mass is 9.75. The Labute approximate surface area is 263 Å². The zero-order valence-electron chi connectivity index (χ0n) is 23.3. The number of para-hydroxylation sites is 1. The highest BCUT2D eigenvalue weighted by Crippen LogP contribution is 2.46. The highest BCUT2D eigenvalue weighted by molar-refractivity contribution is 7.88. The number of hydrogen-bond acceptors (Lipinski definition) is 6. The summed E-state index contributed by atoms with van der Waals surface area (Å²) in [5.74, 6) is -0.213. The Hall–Kier alpha value is -2.37. The molecule has 42 heavy (non-hydrogen) atoms. The molecule has 12 heteroatoms. The average molecular weight is 654 g/mol. The highest BCUT2D eigenvalue weighted by Gasteiger charge is 2.46. The maximum Gasteiger partial charge on any atom is 0.258 e. The van der Waals surface area contributed by atoms with Crippen LogP contribution in [0.4, 0.5) is 5.69 Å². The van der Waals surface area contributed by atoms with E-state index in [0.29, 0.717) is 49.1 Å². The highest BCUT2D eigenvalue weighted by atomic mass is 35.5. The van der Waals surface area contributed by atoms with Gasteiger partial charge in [0.1, 0.15) is 6.04 Å². The van der Waals surface area contributed by atoms with Gasteiger partial charge in [0.25, 0.3) is 5.91 Å². The summed E-state index contributed by atoms with van der Waals surface area (Å²) in [6.45, 7) is 2.41. The van der Waals surface area contributed by atoms with E-state index in [-0.39, 0.29) is 36.9 Å². The smallest absolute Gasteiger partial charge is 0.258 e. The number of piperidine rings is 1. The molecule has 1 unspecified atom stereocenters. The number of amides is 1. The van der Waals surface area contributed by atoms with Crippen LogP contribution >= 0.6 is 35.6 Å². The standard InChI is InChI=1S/C30H34Cl2N4O4S.ClH/c1-41(38,39)35-15-13-30(14-16-35)21-36(28-10-6-5-9-24(28)30)34-29(37)27(33-18-22-7-3-2-4-8-22)20-40-19-23-11-12-25(31)26(32)17-23;/h2-12,17,27,33H,13-16,18-21H2,1H3,(H,34,37);1H. The number of anilines is 1. The van der Waals surface area contributed by atoms with Gasteiger partial charge in [-0.3, -0.25) is 20.5 Å². The van der Waals surface area contributed by atoms with Crippen LogP contribution in [0.15, 0.2) is 72.8 Å². The molecule has 5 rings (SSSR count). The minimum Gasteiger partial charge on any atom is -0.375 e. The predicted octanol–water partition coefficient (Wildman–Crippen LogP) is 4.93. The van der Waals surface area contributed by atoms with Crippen molar-refractivity contribution in [3.63, 3.8) is 0 Å². The normalized spacial score (nSPS) is 17.0. The van der Waals surface area contributed by atoms with Crippen LogP contribution < -0.4 is 15.8 Å². The molecule has 2 N–H and O–H groups in total. The molecular formula is C30H35Cl3N4O4S. The van der Waals surface area contributed by atoms with Crippen molar-refractivity contribution in [3.05, 3.63) is 99.5 Å². The molecule has 226 valence electrons. The molecular weight excluding hydrogens is 619 g/mol. The maximum absolute atomic E-state index is 13.7. The minimum absolute atomic E-state index is 0. The number of nitrogens with one attached hydrogen (secondary N) is 2. The van der Waals surface area contributed by atoms with E-state index < -0.39 is 16.1 Å². The Morgan fingerprint density at radius 1 is 0.976 bits per heavy atom. The first-order chi connectivity index (χ1) is 19.6. The Morgan fingerprint density at radius 3 is 2.36 bits per heavy atom. The second kappa shape index (κ2) is 13.9. The Morgan fingerprint density at radius 2 is 1.67 bits per heavy atom. The SMILES string of the molecule is CS(=O)(=O)N1CCC2(CC1)CN(NC(=O)C(COCc1ccc(Cl)c(Cl)c1)NCc1ccccc1)c1ccccc12.Cl. The number of fused-ring (bicyclic) bond motifs is 2. The zero-order valence-corrected chi connectivity index (χ0v) is 26.4. The van der Waals surface area contributed by atoms with E-state index in [2.05, 4.69) is 16.8 Å². The van der Waals surface area contributed by atoms with Gasteiger partial charge in [-0.25, -0.2) is 12.7 Å². The fraction of sp³-hybridized carbons (Fsp3) is 0.367. The summed E-state index contributed by atoms with van der Waals surface area (Å²) in [4.78, 5) is 13.7. The van der Waals surface area contributed by atoms with Crippen molar-refractivity contribution >= 4 is 57.2 Å². The third-order valence-corrected chi connectivity index (χ3v) is 9.91. The number of rotatable bonds is 10. The van der Waals surface area contributed by atoms with E-state index in [1.165, 1.54) is 10.6 Å². The van der Waals surface area contributed by atoms with E-state index in [0.717, 1.165) is 22.4 Å². The molecule has 1 amide bonds. The zero-order chi connectivity index (χ0) is 29.0. The van der Waals surface area contributed by atoms with Gasteiger partial charge in [-0.15, -0.1) is 12.4 Å². The van der Waals surface area contributed by atoms with E-state index in [1.54, 1.807) is 12.1 Å². The first kappa shape index (κ1) is 32.5. The van der Waals surface area contributed by atoms with Gasteiger partial charge in [-0.1, -0.05) is 77.8 Å². The van der Waals surface area contributed by atoms with Gasteiger partial charge in [-0.05, 0) is 47.7 Å². The van der Waals surface area contributed by atoms with Crippen LogP contribution in [0, 0.1) is 0 Å². The van der Waals surface area contributed by atoms with Crippen LogP contribution in [0.25, 0.3) is 0 Å². The van der Waals surface area contributed by atoms with Gasteiger partial charge in [0.05, 0.1) is 35.2 Å². The summed E-state index contributed by atoms with van der Waals surface area (Å²) in [7, 11) is -3.24. The molecule has 3 aromatic carbocycles. The maximum atomic E-state index is 13.7. The minimum atomic E-state index is -3.24. The Balaban J connectivity index is 0.00000405. The van der Waals surface area contributed by atoms with Crippen molar-refractivity contribution in [2.75, 3.05) is 37.5 Å². The van der Waals surface area contributed by atoms with Crippen LogP contribution in [0.3, 0.4) is 0 Å². The summed E-state index contributed by atoms with van der Waals surface area (Å²) in [5, 5.41) is 6.18. The molecule has 3 aromatic rings. The third-order valence-electron chi connectivity index (χ3n) is 7.87. The predicted molar refractivity (Wildman–Crippen MR) is 170 cm³/mol. The second-order valence-corrected chi connectivity index (χ2v) is 13.5. The topological polar surface area (TPSA) is 91.0 Å². The molecule has 0 bridgehead atoms. The molecule has 2 heterocycles. The van der Waals surface area contributed by atoms with Crippen LogP contribution in [-0.4, -0.2) is 57.2 Å². The molecule has 1 fully saturated rings. The number of benzene rings is 3. The van der Waals surface area contributed by atoms with E-state index in [1.807, 2.05) is 59.6 Å². The quantitative estimate of drug-likeness (QED) is 0.323. The molecule has 0 saturated carbocycles. The summed E-state index contributed by atoms with van der Waals surface area (Å²) < 4.78 is 31.7. The Kier molecular flexibility index (Phi) is 10.8. The van der Waals surface area contributed by atoms with E-state index in [9.17, 15) is 13.2 Å². The monoisotopic (exact) mass is 652 g/mol. The van der Waals surface area contributed by atoms with Gasteiger partial charge in [0.15, 0.2) is 0 Å². The van der Waals surface area contributed by atoms with Crippen molar-refractivity contribution in [1.82, 2.24) is 15.0 Å². The van der Waals surface area contributed by atoms with Gasteiger partial charge >= 0.3 is 0 Å². The molecule has 8 nitrogen and oxygen atoms in total. The summed E-state index contributed by atoms with van der Waals surface area (Å²) >= 11 is 12.2. The summed E-state index contributed by atoms with van der Waals surface area (Å²) in [6.07, 6.45) is 2.63. The molecule has 2 aliphatic heterocycles. The molecule has 1 atom stereocenters. The molecule has 2 aliphatic rings. The van der Waals surface area contributed by atoms with Crippen LogP contribution in [-0.2, 0) is 38.1 Å². The fourth-order valence-electron chi connectivity index (χ4n) is 5.60. The molecule has 1 saturated heterocycles. The lowest BCUT2D eigenvalue weighted by Gasteiger charge is -2.38. The number of carbonyl (C=O) groups excluding carboxylic acids is 1. The van der Waals surface area contributed by atoms with E-state index >= 15 is 0 Å². The van der Waals surface area contributed by atoms with Gasteiger partial charge in [0.2, 0.25) is 10.0 Å². The Bertz CT molecular complexity index is 1480. The van der Waals surface area contributed by atoms with Crippen LogP contribution in [0.1, 0.15) is 29.5 Å². The average Bonchev–Trinajstić information content (AvgIpc) is 3.25. The second-order valence-electron chi connectivity index (χ2n) is 10.7. The van der Waals surface area contributed by atoms with Gasteiger partial charge in [0, 0.05) is 31.6 Å². The summed E-state index contributed by atoms with van der Waals surface area (Å²) in [5.41, 5.74) is 6.88. The molecule has 0 aliphatic carbocycles. The number of nitrogens with zero attached hydrogens (tertiary/aromatic N) is 2. The number of halogens is 3. The fourth-order valence-corrected chi connectivity index (χ4v) is 6.77. The molecule has 0 aromatic heterocycles. The third kappa shape index (κ3) is 7.58. The largest absolute Gasteiger partial charge is 0.375 e. The number of hydrogen-bond donors (Lipinski definition) is 2. The van der Waals surface area contributed by atoms with E-state index in [4.69, 9.17) is 27.9 Å². The van der Waals surface area contributed by atoms with Crippen molar-refractivity contribution in [2.45, 2.75) is 37.5 Å². The van der Waals surface area contributed by atoms with Crippen LogP contribution in [0.2, 0.25) is 10.0 Å².